The highest BCUT2D eigenvalue weighted by Gasteiger charge is 2.04. The lowest BCUT2D eigenvalue weighted by atomic mass is 10.1. The first-order chi connectivity index (χ1) is 12.7. The number of nitrogens with zero attached hydrogens (tertiary/aromatic N) is 1. The molecule has 6 nitrogen and oxygen atoms in total. The van der Waals surface area contributed by atoms with E-state index in [1.807, 2.05) is 24.3 Å². The number of nitrogens with one attached hydrogen (secondary N) is 2. The second-order valence-corrected chi connectivity index (χ2v) is 6.21. The summed E-state index contributed by atoms with van der Waals surface area (Å²) in [4.78, 5) is 23.4. The van der Waals surface area contributed by atoms with Crippen LogP contribution < -0.4 is 15.5 Å². The van der Waals surface area contributed by atoms with Gasteiger partial charge in [-0.15, -0.1) is 0 Å². The number of amides is 2. The minimum Gasteiger partial charge on any atom is -0.497 e. The molecular formula is C20H31N3O3. The van der Waals surface area contributed by atoms with E-state index in [4.69, 9.17) is 4.74 Å². The molecular weight excluding hydrogens is 330 g/mol. The van der Waals surface area contributed by atoms with Crippen LogP contribution in [0.2, 0.25) is 0 Å². The highest BCUT2D eigenvalue weighted by Crippen LogP contribution is 2.09. The smallest absolute Gasteiger partial charge is 0.259 e. The minimum absolute atomic E-state index is 0.0602. The van der Waals surface area contributed by atoms with Gasteiger partial charge in [-0.25, -0.2) is 5.43 Å². The molecule has 0 heterocycles. The fourth-order valence-electron chi connectivity index (χ4n) is 2.42. The first-order valence-electron chi connectivity index (χ1n) is 9.38. The Hall–Kier alpha value is -2.37. The molecule has 2 N–H and O–H groups in total. The monoisotopic (exact) mass is 361 g/mol. The van der Waals surface area contributed by atoms with E-state index in [0.717, 1.165) is 24.2 Å². The summed E-state index contributed by atoms with van der Waals surface area (Å²) in [5, 5.41) is 6.49. The number of carbonyl (C=O) groups is 2. The van der Waals surface area contributed by atoms with Crippen LogP contribution in [0.5, 0.6) is 5.75 Å². The summed E-state index contributed by atoms with van der Waals surface area (Å²) in [6.07, 6.45) is 10.2. The molecule has 0 saturated carbocycles. The number of rotatable bonds is 13. The maximum atomic E-state index is 11.7. The molecule has 2 amide bonds. The molecule has 1 rings (SSSR count). The van der Waals surface area contributed by atoms with E-state index in [1.165, 1.54) is 38.3 Å². The second kappa shape index (κ2) is 13.9. The molecule has 0 fully saturated rings. The van der Waals surface area contributed by atoms with Crippen molar-refractivity contribution in [3.63, 3.8) is 0 Å². The molecule has 0 aliphatic carbocycles. The van der Waals surface area contributed by atoms with E-state index in [1.54, 1.807) is 7.11 Å². The Morgan fingerprint density at radius 2 is 1.65 bits per heavy atom. The number of carbonyl (C=O) groups excluding carboxylic acids is 2. The van der Waals surface area contributed by atoms with Gasteiger partial charge in [0, 0.05) is 6.42 Å². The molecule has 0 spiro atoms. The van der Waals surface area contributed by atoms with E-state index in [0.29, 0.717) is 6.42 Å². The van der Waals surface area contributed by atoms with Gasteiger partial charge in [0.15, 0.2) is 0 Å². The standard InChI is InChI=1S/C20H31N3O3/c1-3-4-5-6-7-8-9-10-19(24)21-16-20(25)23-22-15-17-11-13-18(26-2)14-12-17/h11-15H,3-10,16H2,1-2H3,(H,21,24)(H,23,25). The van der Waals surface area contributed by atoms with Gasteiger partial charge in [0.25, 0.3) is 5.91 Å². The third-order valence-corrected chi connectivity index (χ3v) is 3.97. The van der Waals surface area contributed by atoms with Crippen LogP contribution in [0.25, 0.3) is 0 Å². The van der Waals surface area contributed by atoms with E-state index in [9.17, 15) is 9.59 Å². The van der Waals surface area contributed by atoms with Crippen molar-refractivity contribution in [1.29, 1.82) is 0 Å². The van der Waals surface area contributed by atoms with Crippen molar-refractivity contribution >= 4 is 18.0 Å². The molecule has 0 aromatic heterocycles. The Bertz CT molecular complexity index is 556. The molecule has 0 atom stereocenters. The summed E-state index contributed by atoms with van der Waals surface area (Å²) in [6, 6.07) is 7.29. The molecule has 6 heteroatoms. The number of hydrazone groups is 1. The average molecular weight is 361 g/mol. The van der Waals surface area contributed by atoms with Crippen molar-refractivity contribution < 1.29 is 14.3 Å². The predicted octanol–water partition coefficient (Wildman–Crippen LogP) is 3.40. The van der Waals surface area contributed by atoms with Crippen LogP contribution in [-0.2, 0) is 9.59 Å². The van der Waals surface area contributed by atoms with Gasteiger partial charge < -0.3 is 10.1 Å². The maximum Gasteiger partial charge on any atom is 0.259 e. The average Bonchev–Trinajstić information content (AvgIpc) is 2.66. The quantitative estimate of drug-likeness (QED) is 0.321. The van der Waals surface area contributed by atoms with Crippen LogP contribution in [0.3, 0.4) is 0 Å². The van der Waals surface area contributed by atoms with Crippen molar-refractivity contribution in [1.82, 2.24) is 10.7 Å². The van der Waals surface area contributed by atoms with E-state index >= 15 is 0 Å². The molecule has 144 valence electrons. The van der Waals surface area contributed by atoms with Gasteiger partial charge in [0.2, 0.25) is 5.91 Å². The van der Waals surface area contributed by atoms with Crippen LogP contribution >= 0.6 is 0 Å². The van der Waals surface area contributed by atoms with Crippen molar-refractivity contribution in [3.05, 3.63) is 29.8 Å². The third kappa shape index (κ3) is 10.5. The first-order valence-corrected chi connectivity index (χ1v) is 9.38. The molecule has 0 aliphatic heterocycles. The Morgan fingerprint density at radius 1 is 1.00 bits per heavy atom. The topological polar surface area (TPSA) is 79.8 Å². The molecule has 26 heavy (non-hydrogen) atoms. The van der Waals surface area contributed by atoms with Gasteiger partial charge >= 0.3 is 0 Å². The maximum absolute atomic E-state index is 11.7. The van der Waals surface area contributed by atoms with Gasteiger partial charge in [-0.05, 0) is 36.2 Å². The zero-order valence-electron chi connectivity index (χ0n) is 15.9. The Labute approximate surface area is 156 Å². The number of benzene rings is 1. The van der Waals surface area contributed by atoms with Gasteiger partial charge in [-0.3, -0.25) is 9.59 Å². The number of unbranched alkanes of at least 4 members (excludes halogenated alkanes) is 6. The molecule has 0 radical (unpaired) electrons. The third-order valence-electron chi connectivity index (χ3n) is 3.97. The lowest BCUT2D eigenvalue weighted by molar-refractivity contribution is -0.126. The van der Waals surface area contributed by atoms with Crippen molar-refractivity contribution in [2.24, 2.45) is 5.10 Å². The second-order valence-electron chi connectivity index (χ2n) is 6.21. The highest BCUT2D eigenvalue weighted by molar-refractivity contribution is 5.86. The Kier molecular flexibility index (Phi) is 11.6. The summed E-state index contributed by atoms with van der Waals surface area (Å²) in [5.41, 5.74) is 3.24. The highest BCUT2D eigenvalue weighted by atomic mass is 16.5. The molecule has 0 bridgehead atoms. The summed E-state index contributed by atoms with van der Waals surface area (Å²) < 4.78 is 5.07. The number of methoxy groups -OCH3 is 1. The molecule has 0 aliphatic rings. The predicted molar refractivity (Wildman–Crippen MR) is 104 cm³/mol. The zero-order valence-corrected chi connectivity index (χ0v) is 15.9. The lowest BCUT2D eigenvalue weighted by Gasteiger charge is -2.04. The van der Waals surface area contributed by atoms with Crippen molar-refractivity contribution in [3.8, 4) is 5.75 Å². The van der Waals surface area contributed by atoms with E-state index in [2.05, 4.69) is 22.8 Å². The minimum atomic E-state index is -0.345. The normalized spacial score (nSPS) is 10.7. The molecule has 0 saturated heterocycles. The molecule has 1 aromatic carbocycles. The van der Waals surface area contributed by atoms with Crippen LogP contribution in [0, 0.1) is 0 Å². The van der Waals surface area contributed by atoms with Gasteiger partial charge in [0.05, 0.1) is 19.9 Å². The SMILES string of the molecule is CCCCCCCCCC(=O)NCC(=O)NN=Cc1ccc(OC)cc1. The van der Waals surface area contributed by atoms with Crippen molar-refractivity contribution in [2.45, 2.75) is 58.3 Å². The van der Waals surface area contributed by atoms with Gasteiger partial charge in [0.1, 0.15) is 5.75 Å². The molecule has 1 aromatic rings. The van der Waals surface area contributed by atoms with Crippen molar-refractivity contribution in [2.75, 3.05) is 13.7 Å². The van der Waals surface area contributed by atoms with E-state index in [-0.39, 0.29) is 18.4 Å². The van der Waals surface area contributed by atoms with Crippen LogP contribution in [0.4, 0.5) is 0 Å². The summed E-state index contributed by atoms with van der Waals surface area (Å²) >= 11 is 0. The molecule has 0 unspecified atom stereocenters. The van der Waals surface area contributed by atoms with Crippen LogP contribution in [0.1, 0.15) is 63.9 Å². The van der Waals surface area contributed by atoms with E-state index < -0.39 is 0 Å². The van der Waals surface area contributed by atoms with Crippen LogP contribution in [-0.4, -0.2) is 31.7 Å². The number of hydrogen-bond acceptors (Lipinski definition) is 4. The van der Waals surface area contributed by atoms with Crippen LogP contribution in [0.15, 0.2) is 29.4 Å². The van der Waals surface area contributed by atoms with Gasteiger partial charge in [-0.1, -0.05) is 45.4 Å². The fraction of sp³-hybridized carbons (Fsp3) is 0.550. The van der Waals surface area contributed by atoms with Gasteiger partial charge in [-0.2, -0.15) is 5.10 Å². The summed E-state index contributed by atoms with van der Waals surface area (Å²) in [5.74, 6) is 0.324. The summed E-state index contributed by atoms with van der Waals surface area (Å²) in [7, 11) is 1.60. The number of ether oxygens (including phenoxy) is 1. The Balaban J connectivity index is 2.09. The Morgan fingerprint density at radius 3 is 2.31 bits per heavy atom. The fourth-order valence-corrected chi connectivity index (χ4v) is 2.42. The first kappa shape index (κ1) is 21.7. The zero-order chi connectivity index (χ0) is 19.0. The number of hydrogen-bond donors (Lipinski definition) is 2. The lowest BCUT2D eigenvalue weighted by Crippen LogP contribution is -2.34. The summed E-state index contributed by atoms with van der Waals surface area (Å²) in [6.45, 7) is 2.14. The largest absolute Gasteiger partial charge is 0.497 e.